The van der Waals surface area contributed by atoms with Gasteiger partial charge in [0.2, 0.25) is 0 Å². The van der Waals surface area contributed by atoms with Gasteiger partial charge in [0.15, 0.2) is 0 Å². The maximum Gasteiger partial charge on any atom is 0.142 e. The number of rotatable bonds is 7. The molecule has 0 radical (unpaired) electrons. The maximum absolute atomic E-state index is 9.14. The van der Waals surface area contributed by atoms with Gasteiger partial charge in [-0.1, -0.05) is 30.1 Å². The van der Waals surface area contributed by atoms with Crippen molar-refractivity contribution >= 4 is 35.6 Å². The topological polar surface area (TPSA) is 41.5 Å². The molecule has 1 unspecified atom stereocenters. The van der Waals surface area contributed by atoms with Crippen molar-refractivity contribution < 1.29 is 9.84 Å². The van der Waals surface area contributed by atoms with Crippen molar-refractivity contribution in [1.82, 2.24) is 5.32 Å². The minimum atomic E-state index is 0. The number of ether oxygens (including phenoxy) is 1. The van der Waals surface area contributed by atoms with Crippen LogP contribution in [0.15, 0.2) is 12.1 Å². The Morgan fingerprint density at radius 3 is 2.53 bits per heavy atom. The van der Waals surface area contributed by atoms with Crippen LogP contribution in [-0.2, 0) is 6.54 Å². The van der Waals surface area contributed by atoms with Crippen molar-refractivity contribution in [1.29, 1.82) is 0 Å². The SMILES string of the molecule is CCOc1c(Cl)cc(Cl)cc1CNC(CC)CO.Cl. The van der Waals surface area contributed by atoms with E-state index in [0.29, 0.717) is 28.9 Å². The molecule has 2 N–H and O–H groups in total. The third kappa shape index (κ3) is 5.76. The average Bonchev–Trinajstić information content (AvgIpc) is 2.34. The molecule has 19 heavy (non-hydrogen) atoms. The summed E-state index contributed by atoms with van der Waals surface area (Å²) in [5.74, 6) is 0.656. The predicted octanol–water partition coefficient (Wildman–Crippen LogP) is 3.67. The quantitative estimate of drug-likeness (QED) is 0.802. The van der Waals surface area contributed by atoms with E-state index < -0.39 is 0 Å². The van der Waals surface area contributed by atoms with E-state index in [1.807, 2.05) is 19.9 Å². The van der Waals surface area contributed by atoms with Crippen molar-refractivity contribution in [3.8, 4) is 5.75 Å². The highest BCUT2D eigenvalue weighted by molar-refractivity contribution is 6.35. The van der Waals surface area contributed by atoms with Crippen molar-refractivity contribution in [3.05, 3.63) is 27.7 Å². The Hall–Kier alpha value is -0.190. The molecule has 0 spiro atoms. The van der Waals surface area contributed by atoms with Crippen LogP contribution in [0.4, 0.5) is 0 Å². The summed E-state index contributed by atoms with van der Waals surface area (Å²) in [5, 5.41) is 13.5. The first-order valence-electron chi connectivity index (χ1n) is 6.07. The molecule has 0 saturated heterocycles. The minimum Gasteiger partial charge on any atom is -0.492 e. The lowest BCUT2D eigenvalue weighted by Crippen LogP contribution is -2.31. The fourth-order valence-corrected chi connectivity index (χ4v) is 2.23. The molecule has 1 aromatic carbocycles. The maximum atomic E-state index is 9.14. The first-order valence-corrected chi connectivity index (χ1v) is 6.82. The van der Waals surface area contributed by atoms with Gasteiger partial charge in [-0.3, -0.25) is 0 Å². The lowest BCUT2D eigenvalue weighted by molar-refractivity contribution is 0.237. The fraction of sp³-hybridized carbons (Fsp3) is 0.538. The molecule has 1 atom stereocenters. The molecule has 1 aromatic rings. The Morgan fingerprint density at radius 2 is 2.00 bits per heavy atom. The van der Waals surface area contributed by atoms with Crippen LogP contribution in [0.5, 0.6) is 5.75 Å². The van der Waals surface area contributed by atoms with Crippen LogP contribution >= 0.6 is 35.6 Å². The molecule has 0 saturated carbocycles. The molecular weight excluding hydrogens is 309 g/mol. The average molecular weight is 329 g/mol. The van der Waals surface area contributed by atoms with Crippen LogP contribution in [0.3, 0.4) is 0 Å². The van der Waals surface area contributed by atoms with Crippen molar-refractivity contribution in [2.75, 3.05) is 13.2 Å². The van der Waals surface area contributed by atoms with E-state index in [1.54, 1.807) is 6.07 Å². The molecule has 0 fully saturated rings. The van der Waals surface area contributed by atoms with E-state index in [2.05, 4.69) is 5.32 Å². The van der Waals surface area contributed by atoms with E-state index in [1.165, 1.54) is 0 Å². The van der Waals surface area contributed by atoms with Gasteiger partial charge in [0.05, 0.1) is 18.2 Å². The summed E-state index contributed by atoms with van der Waals surface area (Å²) in [6.45, 7) is 5.14. The number of aliphatic hydroxyl groups excluding tert-OH is 1. The number of aliphatic hydroxyl groups is 1. The van der Waals surface area contributed by atoms with E-state index in [9.17, 15) is 0 Å². The zero-order valence-corrected chi connectivity index (χ0v) is 13.4. The second-order valence-electron chi connectivity index (χ2n) is 3.98. The van der Waals surface area contributed by atoms with Crippen molar-refractivity contribution in [2.24, 2.45) is 0 Å². The highest BCUT2D eigenvalue weighted by Crippen LogP contribution is 2.32. The van der Waals surface area contributed by atoms with Gasteiger partial charge in [-0.2, -0.15) is 0 Å². The van der Waals surface area contributed by atoms with Gasteiger partial charge in [0.25, 0.3) is 0 Å². The molecule has 0 aromatic heterocycles. The molecule has 0 heterocycles. The summed E-state index contributed by atoms with van der Waals surface area (Å²) in [5.41, 5.74) is 0.904. The number of hydrogen-bond donors (Lipinski definition) is 2. The van der Waals surface area contributed by atoms with Gasteiger partial charge in [0.1, 0.15) is 5.75 Å². The lowest BCUT2D eigenvalue weighted by atomic mass is 10.1. The Bertz CT molecular complexity index is 384. The van der Waals surface area contributed by atoms with Crippen LogP contribution < -0.4 is 10.1 Å². The van der Waals surface area contributed by atoms with Crippen LogP contribution in [0.1, 0.15) is 25.8 Å². The fourth-order valence-electron chi connectivity index (χ4n) is 1.64. The molecule has 0 aliphatic rings. The summed E-state index contributed by atoms with van der Waals surface area (Å²) in [6.07, 6.45) is 0.856. The van der Waals surface area contributed by atoms with Gasteiger partial charge < -0.3 is 15.2 Å². The second kappa shape index (κ2) is 9.67. The van der Waals surface area contributed by atoms with E-state index in [4.69, 9.17) is 33.0 Å². The van der Waals surface area contributed by atoms with E-state index in [-0.39, 0.29) is 25.1 Å². The summed E-state index contributed by atoms with van der Waals surface area (Å²) in [6, 6.07) is 3.56. The number of halogens is 3. The molecule has 0 amide bonds. The summed E-state index contributed by atoms with van der Waals surface area (Å²) < 4.78 is 5.53. The Morgan fingerprint density at radius 1 is 1.32 bits per heavy atom. The number of benzene rings is 1. The summed E-state index contributed by atoms with van der Waals surface area (Å²) >= 11 is 12.1. The van der Waals surface area contributed by atoms with Crippen molar-refractivity contribution in [3.63, 3.8) is 0 Å². The van der Waals surface area contributed by atoms with Crippen LogP contribution in [0, 0.1) is 0 Å². The monoisotopic (exact) mass is 327 g/mol. The van der Waals surface area contributed by atoms with E-state index >= 15 is 0 Å². The summed E-state index contributed by atoms with van der Waals surface area (Å²) in [4.78, 5) is 0. The van der Waals surface area contributed by atoms with Gasteiger partial charge >= 0.3 is 0 Å². The molecule has 110 valence electrons. The predicted molar refractivity (Wildman–Crippen MR) is 82.9 cm³/mol. The second-order valence-corrected chi connectivity index (χ2v) is 4.82. The first-order chi connectivity index (χ1) is 8.62. The van der Waals surface area contributed by atoms with Gasteiger partial charge in [-0.15, -0.1) is 12.4 Å². The molecular formula is C13H20Cl3NO2. The van der Waals surface area contributed by atoms with Crippen LogP contribution in [0.2, 0.25) is 10.0 Å². The molecule has 1 rings (SSSR count). The molecule has 0 aliphatic carbocycles. The molecule has 0 aliphatic heterocycles. The zero-order valence-electron chi connectivity index (χ0n) is 11.1. The van der Waals surface area contributed by atoms with Gasteiger partial charge in [-0.05, 0) is 25.5 Å². The largest absolute Gasteiger partial charge is 0.492 e. The van der Waals surface area contributed by atoms with Crippen LogP contribution in [-0.4, -0.2) is 24.4 Å². The molecule has 3 nitrogen and oxygen atoms in total. The van der Waals surface area contributed by atoms with Gasteiger partial charge in [0, 0.05) is 23.2 Å². The number of hydrogen-bond acceptors (Lipinski definition) is 3. The minimum absolute atomic E-state index is 0. The molecule has 0 bridgehead atoms. The Labute approximate surface area is 130 Å². The highest BCUT2D eigenvalue weighted by atomic mass is 35.5. The Balaban J connectivity index is 0.00000324. The smallest absolute Gasteiger partial charge is 0.142 e. The Kier molecular flexibility index (Phi) is 9.58. The third-order valence-corrected chi connectivity index (χ3v) is 3.17. The third-order valence-electron chi connectivity index (χ3n) is 2.67. The van der Waals surface area contributed by atoms with E-state index in [0.717, 1.165) is 12.0 Å². The number of nitrogens with one attached hydrogen (secondary N) is 1. The lowest BCUT2D eigenvalue weighted by Gasteiger charge is -2.17. The normalized spacial score (nSPS) is 11.8. The zero-order chi connectivity index (χ0) is 13.5. The standard InChI is InChI=1S/C13H19Cl2NO2.ClH/c1-3-11(8-17)16-7-9-5-10(14)6-12(15)13(9)18-4-2;/h5-6,11,16-17H,3-4,7-8H2,1-2H3;1H. The first kappa shape index (κ1) is 18.8. The summed E-state index contributed by atoms with van der Waals surface area (Å²) in [7, 11) is 0. The van der Waals surface area contributed by atoms with Crippen LogP contribution in [0.25, 0.3) is 0 Å². The highest BCUT2D eigenvalue weighted by Gasteiger charge is 2.12. The van der Waals surface area contributed by atoms with Crippen molar-refractivity contribution in [2.45, 2.75) is 32.9 Å². The molecule has 6 heteroatoms. The van der Waals surface area contributed by atoms with Gasteiger partial charge in [-0.25, -0.2) is 0 Å².